The first-order valence-electron chi connectivity index (χ1n) is 7.24. The second kappa shape index (κ2) is 5.27. The molecule has 0 aliphatic carbocycles. The van der Waals surface area contributed by atoms with E-state index in [0.717, 1.165) is 5.56 Å². The largest absolute Gasteiger partial charge is 0.437 e. The lowest BCUT2D eigenvalue weighted by Gasteiger charge is -2.33. The molecule has 0 atom stereocenters. The first kappa shape index (κ1) is 16.4. The molecule has 0 saturated carbocycles. The number of sulfonamides is 1. The lowest BCUT2D eigenvalue weighted by atomic mass is 9.87. The van der Waals surface area contributed by atoms with Gasteiger partial charge in [0.25, 0.3) is 5.66 Å². The number of alkyl halides is 3. The van der Waals surface area contributed by atoms with Crippen LogP contribution in [0.25, 0.3) is 0 Å². The van der Waals surface area contributed by atoms with Crippen molar-refractivity contribution in [2.24, 2.45) is 16.1 Å². The minimum atomic E-state index is -4.50. The van der Waals surface area contributed by atoms with E-state index in [4.69, 9.17) is 0 Å². The first-order valence-corrected chi connectivity index (χ1v) is 8.68. The minimum absolute atomic E-state index is 0.0454. The first-order chi connectivity index (χ1) is 10.7. The molecule has 0 aromatic heterocycles. The molecule has 1 aromatic carbocycles. The van der Waals surface area contributed by atoms with Crippen molar-refractivity contribution in [3.63, 3.8) is 0 Å². The number of rotatable bonds is 3. The summed E-state index contributed by atoms with van der Waals surface area (Å²) in [5.41, 5.74) is -1.36. The van der Waals surface area contributed by atoms with Crippen LogP contribution in [-0.2, 0) is 10.0 Å². The Morgan fingerprint density at radius 3 is 2.09 bits per heavy atom. The molecule has 0 N–H and O–H groups in total. The Kier molecular flexibility index (Phi) is 3.75. The van der Waals surface area contributed by atoms with Crippen LogP contribution in [0.4, 0.5) is 13.2 Å². The second-order valence-corrected chi connectivity index (χ2v) is 7.85. The van der Waals surface area contributed by atoms with Gasteiger partial charge in [0.2, 0.25) is 10.0 Å². The lowest BCUT2D eigenvalue weighted by Crippen LogP contribution is -2.47. The van der Waals surface area contributed by atoms with Crippen molar-refractivity contribution in [3.8, 4) is 0 Å². The number of halogens is 3. The molecule has 2 aliphatic rings. The van der Waals surface area contributed by atoms with Crippen LogP contribution in [-0.4, -0.2) is 37.7 Å². The zero-order valence-corrected chi connectivity index (χ0v) is 13.2. The second-order valence-electron chi connectivity index (χ2n) is 5.92. The lowest BCUT2D eigenvalue weighted by molar-refractivity contribution is -0.179. The molecular weight excluding hydrogens is 331 g/mol. The fraction of sp³-hybridized carbons (Fsp3) is 0.571. The molecule has 0 spiro atoms. The fourth-order valence-electron chi connectivity index (χ4n) is 2.92. The predicted octanol–water partition coefficient (Wildman–Crippen LogP) is 3.12. The average Bonchev–Trinajstić information content (AvgIpc) is 3.29. The van der Waals surface area contributed by atoms with Crippen molar-refractivity contribution in [2.45, 2.75) is 36.5 Å². The van der Waals surface area contributed by atoms with E-state index in [9.17, 15) is 21.6 Å². The molecule has 0 amide bonds. The van der Waals surface area contributed by atoms with Gasteiger partial charge >= 0.3 is 6.18 Å². The normalized spacial score (nSPS) is 22.3. The topological polar surface area (TPSA) is 62.1 Å². The van der Waals surface area contributed by atoms with Crippen molar-refractivity contribution in [2.75, 3.05) is 13.1 Å². The van der Waals surface area contributed by atoms with Crippen LogP contribution in [0.5, 0.6) is 0 Å². The van der Waals surface area contributed by atoms with Crippen LogP contribution < -0.4 is 0 Å². The van der Waals surface area contributed by atoms with Crippen molar-refractivity contribution >= 4 is 10.0 Å². The van der Waals surface area contributed by atoms with Gasteiger partial charge in [0.1, 0.15) is 0 Å². The fourth-order valence-corrected chi connectivity index (χ4v) is 4.39. The van der Waals surface area contributed by atoms with E-state index in [0.29, 0.717) is 0 Å². The van der Waals surface area contributed by atoms with Gasteiger partial charge in [0.15, 0.2) is 0 Å². The maximum Gasteiger partial charge on any atom is 0.437 e. The highest BCUT2D eigenvalue weighted by molar-refractivity contribution is 7.89. The SMILES string of the molecule is Cc1ccc(S(=O)(=O)N2CCC(C3(C(F)(F)F)N=N3)CC2)cc1. The maximum atomic E-state index is 13.0. The Labute approximate surface area is 132 Å². The maximum absolute atomic E-state index is 13.0. The van der Waals surface area contributed by atoms with E-state index in [1.807, 2.05) is 6.92 Å². The molecule has 3 rings (SSSR count). The summed E-state index contributed by atoms with van der Waals surface area (Å²) in [6.07, 6.45) is -4.31. The highest BCUT2D eigenvalue weighted by Gasteiger charge is 2.68. The highest BCUT2D eigenvalue weighted by atomic mass is 32.2. The van der Waals surface area contributed by atoms with Crippen LogP contribution in [0.1, 0.15) is 18.4 Å². The summed E-state index contributed by atoms with van der Waals surface area (Å²) in [7, 11) is -3.67. The Balaban J connectivity index is 1.71. The number of piperidine rings is 1. The van der Waals surface area contributed by atoms with Crippen molar-refractivity contribution < 1.29 is 21.6 Å². The van der Waals surface area contributed by atoms with E-state index >= 15 is 0 Å². The third-order valence-corrected chi connectivity index (χ3v) is 6.33. The van der Waals surface area contributed by atoms with E-state index in [2.05, 4.69) is 10.2 Å². The van der Waals surface area contributed by atoms with Gasteiger partial charge in [-0.3, -0.25) is 0 Å². The van der Waals surface area contributed by atoms with Gasteiger partial charge in [-0.05, 0) is 31.9 Å². The van der Waals surface area contributed by atoms with Crippen LogP contribution in [0.2, 0.25) is 0 Å². The Morgan fingerprint density at radius 1 is 1.13 bits per heavy atom. The summed E-state index contributed by atoms with van der Waals surface area (Å²) in [5.74, 6) is -0.785. The molecular formula is C14H16F3N3O2S. The zero-order valence-electron chi connectivity index (χ0n) is 12.4. The molecule has 1 fully saturated rings. The van der Waals surface area contributed by atoms with Gasteiger partial charge in [0, 0.05) is 19.0 Å². The quantitative estimate of drug-likeness (QED) is 0.843. The summed E-state index contributed by atoms with van der Waals surface area (Å²) >= 11 is 0. The van der Waals surface area contributed by atoms with Gasteiger partial charge in [-0.1, -0.05) is 17.7 Å². The third kappa shape index (κ3) is 2.76. The number of benzene rings is 1. The zero-order chi connectivity index (χ0) is 16.9. The molecule has 23 heavy (non-hydrogen) atoms. The smallest absolute Gasteiger partial charge is 0.207 e. The summed E-state index contributed by atoms with van der Waals surface area (Å²) in [4.78, 5) is 0.160. The van der Waals surface area contributed by atoms with Gasteiger partial charge in [-0.25, -0.2) is 8.42 Å². The van der Waals surface area contributed by atoms with Gasteiger partial charge in [-0.15, -0.1) is 10.2 Å². The van der Waals surface area contributed by atoms with Crippen LogP contribution in [0.3, 0.4) is 0 Å². The number of aryl methyl sites for hydroxylation is 1. The summed E-state index contributed by atoms with van der Waals surface area (Å²) in [5, 5.41) is 6.43. The molecule has 2 heterocycles. The van der Waals surface area contributed by atoms with Crippen LogP contribution >= 0.6 is 0 Å². The van der Waals surface area contributed by atoms with Gasteiger partial charge in [0.05, 0.1) is 4.90 Å². The molecule has 2 aliphatic heterocycles. The van der Waals surface area contributed by atoms with Crippen LogP contribution in [0, 0.1) is 12.8 Å². The molecule has 1 saturated heterocycles. The molecule has 0 bridgehead atoms. The minimum Gasteiger partial charge on any atom is -0.207 e. The van der Waals surface area contributed by atoms with E-state index in [1.165, 1.54) is 16.4 Å². The number of hydrogen-bond acceptors (Lipinski definition) is 4. The molecule has 0 unspecified atom stereocenters. The molecule has 126 valence electrons. The summed E-state index contributed by atoms with van der Waals surface area (Å²) in [6.45, 7) is 1.94. The molecule has 1 aromatic rings. The van der Waals surface area contributed by atoms with Crippen molar-refractivity contribution in [3.05, 3.63) is 29.8 Å². The number of nitrogens with zero attached hydrogens (tertiary/aromatic N) is 3. The van der Waals surface area contributed by atoms with Crippen LogP contribution in [0.15, 0.2) is 39.4 Å². The van der Waals surface area contributed by atoms with E-state index < -0.39 is 27.8 Å². The van der Waals surface area contributed by atoms with E-state index in [1.54, 1.807) is 12.1 Å². The molecule has 0 radical (unpaired) electrons. The Hall–Kier alpha value is -1.48. The Morgan fingerprint density at radius 2 is 1.65 bits per heavy atom. The molecule has 9 heteroatoms. The van der Waals surface area contributed by atoms with Crippen molar-refractivity contribution in [1.82, 2.24) is 4.31 Å². The average molecular weight is 347 g/mol. The highest BCUT2D eigenvalue weighted by Crippen LogP contribution is 2.52. The van der Waals surface area contributed by atoms with Gasteiger partial charge in [-0.2, -0.15) is 17.5 Å². The molecule has 5 nitrogen and oxygen atoms in total. The van der Waals surface area contributed by atoms with Gasteiger partial charge < -0.3 is 0 Å². The Bertz CT molecular complexity index is 715. The summed E-state index contributed by atoms with van der Waals surface area (Å²) in [6, 6.07) is 6.42. The van der Waals surface area contributed by atoms with E-state index in [-0.39, 0.29) is 30.8 Å². The summed E-state index contributed by atoms with van der Waals surface area (Å²) < 4.78 is 65.3. The monoisotopic (exact) mass is 347 g/mol. The third-order valence-electron chi connectivity index (χ3n) is 4.41. The predicted molar refractivity (Wildman–Crippen MR) is 76.3 cm³/mol. The number of hydrogen-bond donors (Lipinski definition) is 0. The standard InChI is InChI=1S/C14H16F3N3O2S/c1-10-2-4-12(5-3-10)23(21,22)20-8-6-11(7-9-20)13(18-19-13)14(15,16)17/h2-5,11H,6-9H2,1H3. The van der Waals surface area contributed by atoms with Crippen molar-refractivity contribution in [1.29, 1.82) is 0 Å².